The zero-order chi connectivity index (χ0) is 26.5. The van der Waals surface area contributed by atoms with Gasteiger partial charge < -0.3 is 42.8 Å². The van der Waals surface area contributed by atoms with Crippen LogP contribution in [0.4, 0.5) is 5.69 Å². The van der Waals surface area contributed by atoms with E-state index in [0.717, 1.165) is 33.5 Å². The first kappa shape index (κ1) is 28.8. The molecular weight excluding hydrogens is 526 g/mol. The lowest BCUT2D eigenvalue weighted by atomic mass is 9.99. The molecule has 0 unspecified atom stereocenters. The summed E-state index contributed by atoms with van der Waals surface area (Å²) < 4.78 is 21.2. The minimum absolute atomic E-state index is 0. The van der Waals surface area contributed by atoms with Gasteiger partial charge in [0.15, 0.2) is 17.5 Å². The predicted octanol–water partition coefficient (Wildman–Crippen LogP) is 1.31. The van der Waals surface area contributed by atoms with E-state index in [9.17, 15) is 9.90 Å². The van der Waals surface area contributed by atoms with Gasteiger partial charge in [0, 0.05) is 22.9 Å². The topological polar surface area (TPSA) is 118 Å². The zero-order valence-corrected chi connectivity index (χ0v) is 23.2. The van der Waals surface area contributed by atoms with Gasteiger partial charge in [-0.2, -0.15) is 4.37 Å². The Balaban J connectivity index is 0.00000400. The van der Waals surface area contributed by atoms with E-state index < -0.39 is 6.04 Å². The number of amides is 1. The lowest BCUT2D eigenvalue weighted by molar-refractivity contribution is -0.402. The first-order chi connectivity index (χ1) is 17.8. The van der Waals surface area contributed by atoms with Crippen molar-refractivity contribution in [1.82, 2.24) is 4.37 Å². The molecule has 4 rings (SSSR count). The molecule has 0 bridgehead atoms. The van der Waals surface area contributed by atoms with Crippen molar-refractivity contribution in [2.45, 2.75) is 19.4 Å². The molecule has 1 amide bonds. The molecule has 0 aliphatic carbocycles. The van der Waals surface area contributed by atoms with Crippen LogP contribution in [-0.2, 0) is 11.2 Å². The number of quaternary nitrogens is 1. The Morgan fingerprint density at radius 1 is 1.00 bits per heavy atom. The van der Waals surface area contributed by atoms with Gasteiger partial charge in [0.2, 0.25) is 0 Å². The Morgan fingerprint density at radius 3 is 2.37 bits per heavy atom. The molecule has 0 saturated heterocycles. The maximum Gasteiger partial charge on any atom is 0.282 e. The number of halogens is 1. The fraction of sp³-hybridized carbons (Fsp3) is 0.214. The molecule has 0 spiro atoms. The molecular formula is C28H30ClN3O5S. The summed E-state index contributed by atoms with van der Waals surface area (Å²) in [6.45, 7) is 1.96. The molecule has 5 N–H and O–H groups in total. The molecule has 1 aromatic heterocycles. The van der Waals surface area contributed by atoms with Crippen LogP contribution >= 0.6 is 11.5 Å². The summed E-state index contributed by atoms with van der Waals surface area (Å²) in [5, 5.41) is 14.4. The summed E-state index contributed by atoms with van der Waals surface area (Å²) in [6, 6.07) is 15.8. The Kier molecular flexibility index (Phi) is 9.57. The van der Waals surface area contributed by atoms with E-state index in [2.05, 4.69) is 15.4 Å². The van der Waals surface area contributed by atoms with Gasteiger partial charge in [-0.15, -0.1) is 0 Å². The second-order valence-corrected chi connectivity index (χ2v) is 9.21. The molecule has 0 aliphatic heterocycles. The third-order valence-electron chi connectivity index (χ3n) is 6.07. The van der Waals surface area contributed by atoms with Crippen LogP contribution in [0.5, 0.6) is 23.0 Å². The predicted molar refractivity (Wildman–Crippen MR) is 144 cm³/mol. The van der Waals surface area contributed by atoms with E-state index in [1.165, 1.54) is 11.5 Å². The average molecular weight is 556 g/mol. The third-order valence-corrected chi connectivity index (χ3v) is 6.69. The Hall–Kier alpha value is -3.79. The minimum atomic E-state index is -0.536. The minimum Gasteiger partial charge on any atom is -1.00 e. The quantitative estimate of drug-likeness (QED) is 0.287. The Bertz CT molecular complexity index is 1410. The number of hydrogen-bond acceptors (Lipinski definition) is 7. The monoisotopic (exact) mass is 555 g/mol. The molecule has 1 atom stereocenters. The van der Waals surface area contributed by atoms with Crippen molar-refractivity contribution in [3.63, 3.8) is 0 Å². The van der Waals surface area contributed by atoms with Gasteiger partial charge in [0.25, 0.3) is 5.91 Å². The largest absolute Gasteiger partial charge is 1.00 e. The number of methoxy groups -OCH3 is 3. The van der Waals surface area contributed by atoms with Crippen LogP contribution < -0.4 is 37.7 Å². The highest BCUT2D eigenvalue weighted by Gasteiger charge is 2.21. The van der Waals surface area contributed by atoms with E-state index in [4.69, 9.17) is 14.2 Å². The van der Waals surface area contributed by atoms with Crippen LogP contribution in [0.15, 0.2) is 60.0 Å². The number of phenolic OH excluding ortho intramolecular Hbond substituents is 1. The fourth-order valence-electron chi connectivity index (χ4n) is 4.16. The summed E-state index contributed by atoms with van der Waals surface area (Å²) in [5.41, 5.74) is 9.93. The first-order valence-electron chi connectivity index (χ1n) is 11.6. The molecule has 0 saturated carbocycles. The molecule has 3 aromatic carbocycles. The number of phenols is 1. The number of hydrogen-bond donors (Lipinski definition) is 3. The van der Waals surface area contributed by atoms with Crippen LogP contribution in [0.1, 0.15) is 11.1 Å². The van der Waals surface area contributed by atoms with Crippen molar-refractivity contribution in [3.8, 4) is 45.4 Å². The molecule has 4 aromatic rings. The van der Waals surface area contributed by atoms with Crippen molar-refractivity contribution in [3.05, 3.63) is 71.1 Å². The van der Waals surface area contributed by atoms with Crippen LogP contribution in [0, 0.1) is 6.92 Å². The van der Waals surface area contributed by atoms with Gasteiger partial charge in [0.1, 0.15) is 11.5 Å². The molecule has 200 valence electrons. The van der Waals surface area contributed by atoms with Gasteiger partial charge in [-0.25, -0.2) is 0 Å². The SMILES string of the molecule is COc1ccc(-c2csnc2-c2cc(C)c(OC)c(OC)c2)cc1NC(=O)[C@H]([NH3+])Cc1ccc(O)cc1.[Cl-]. The summed E-state index contributed by atoms with van der Waals surface area (Å²) in [7, 11) is 4.79. The highest BCUT2D eigenvalue weighted by molar-refractivity contribution is 7.04. The number of aryl methyl sites for hydroxylation is 1. The van der Waals surface area contributed by atoms with Crippen LogP contribution in [0.25, 0.3) is 22.4 Å². The maximum atomic E-state index is 13.0. The van der Waals surface area contributed by atoms with Gasteiger partial charge in [-0.3, -0.25) is 4.79 Å². The number of carbonyl (C=O) groups excluding carboxylic acids is 1. The van der Waals surface area contributed by atoms with Gasteiger partial charge in [-0.1, -0.05) is 18.2 Å². The average Bonchev–Trinajstić information content (AvgIpc) is 3.39. The second kappa shape index (κ2) is 12.6. The van der Waals surface area contributed by atoms with Crippen molar-refractivity contribution < 1.29 is 42.3 Å². The lowest BCUT2D eigenvalue weighted by Gasteiger charge is -2.15. The van der Waals surface area contributed by atoms with Crippen molar-refractivity contribution in [2.24, 2.45) is 0 Å². The van der Waals surface area contributed by atoms with E-state index in [-0.39, 0.29) is 24.1 Å². The van der Waals surface area contributed by atoms with E-state index in [1.807, 2.05) is 42.6 Å². The summed E-state index contributed by atoms with van der Waals surface area (Å²) in [4.78, 5) is 13.0. The standard InChI is InChI=1S/C28H29N3O5S.ClH/c1-16-11-19(14-25(35-3)27(16)36-4)26-21(15-37-31-26)18-7-10-24(34-2)23(13-18)30-28(33)22(29)12-17-5-8-20(32)9-6-17;/h5-11,13-15,22,32H,12,29H2,1-4H3,(H,30,33);1H/t22-;/m1./s1. The van der Waals surface area contributed by atoms with Gasteiger partial charge >= 0.3 is 0 Å². The normalized spacial score (nSPS) is 11.3. The number of rotatable bonds is 9. The number of nitrogens with one attached hydrogen (secondary N) is 1. The molecule has 38 heavy (non-hydrogen) atoms. The first-order valence-corrected chi connectivity index (χ1v) is 12.5. The molecule has 10 heteroatoms. The number of anilines is 1. The third kappa shape index (κ3) is 6.19. The van der Waals surface area contributed by atoms with Crippen molar-refractivity contribution >= 4 is 23.1 Å². The molecule has 0 radical (unpaired) electrons. The number of aromatic nitrogens is 1. The molecule has 1 heterocycles. The molecule has 0 aliphatic rings. The van der Waals surface area contributed by atoms with E-state index >= 15 is 0 Å². The lowest BCUT2D eigenvalue weighted by Crippen LogP contribution is -3.00. The summed E-state index contributed by atoms with van der Waals surface area (Å²) >= 11 is 1.35. The van der Waals surface area contributed by atoms with Gasteiger partial charge in [-0.05, 0) is 71.5 Å². The zero-order valence-electron chi connectivity index (χ0n) is 21.6. The number of benzene rings is 3. The number of carbonyl (C=O) groups is 1. The fourth-order valence-corrected chi connectivity index (χ4v) is 4.87. The van der Waals surface area contributed by atoms with Gasteiger partial charge in [0.05, 0.1) is 32.7 Å². The van der Waals surface area contributed by atoms with Crippen LogP contribution in [0.2, 0.25) is 0 Å². The van der Waals surface area contributed by atoms with E-state index in [1.54, 1.807) is 45.6 Å². The Labute approximate surface area is 231 Å². The molecule has 0 fully saturated rings. The van der Waals surface area contributed by atoms with E-state index in [0.29, 0.717) is 29.4 Å². The van der Waals surface area contributed by atoms with Crippen LogP contribution in [-0.4, -0.2) is 42.8 Å². The summed E-state index contributed by atoms with van der Waals surface area (Å²) in [5.74, 6) is 1.81. The Morgan fingerprint density at radius 2 is 1.71 bits per heavy atom. The highest BCUT2D eigenvalue weighted by atomic mass is 35.5. The maximum absolute atomic E-state index is 13.0. The van der Waals surface area contributed by atoms with Crippen molar-refractivity contribution in [1.29, 1.82) is 0 Å². The molecule has 8 nitrogen and oxygen atoms in total. The second-order valence-electron chi connectivity index (χ2n) is 8.58. The smallest absolute Gasteiger partial charge is 0.282 e. The number of nitrogens with zero attached hydrogens (tertiary/aromatic N) is 1. The van der Waals surface area contributed by atoms with Crippen LogP contribution in [0.3, 0.4) is 0 Å². The highest BCUT2D eigenvalue weighted by Crippen LogP contribution is 2.41. The number of ether oxygens (including phenoxy) is 3. The number of aromatic hydroxyl groups is 1. The summed E-state index contributed by atoms with van der Waals surface area (Å²) in [6.07, 6.45) is 0.436. The van der Waals surface area contributed by atoms with Crippen molar-refractivity contribution in [2.75, 3.05) is 26.6 Å².